The van der Waals surface area contributed by atoms with E-state index in [4.69, 9.17) is 14.7 Å². The van der Waals surface area contributed by atoms with Crippen molar-refractivity contribution < 1.29 is 14.1 Å². The number of nitrogens with one attached hydrogen (secondary N) is 2. The smallest absolute Gasteiger partial charge is 0.381 e. The monoisotopic (exact) mass is 631 g/mol. The van der Waals surface area contributed by atoms with E-state index in [0.717, 1.165) is 74.4 Å². The summed E-state index contributed by atoms with van der Waals surface area (Å²) >= 11 is 0. The minimum Gasteiger partial charge on any atom is -0.381 e. The van der Waals surface area contributed by atoms with Crippen molar-refractivity contribution in [1.82, 2.24) is 30.0 Å². The molecule has 2 amide bonds. The topological polar surface area (TPSA) is 137 Å². The van der Waals surface area contributed by atoms with Crippen LogP contribution in [0.2, 0.25) is 0 Å². The molecule has 1 spiro atoms. The van der Waals surface area contributed by atoms with E-state index in [1.54, 1.807) is 27.8 Å². The molecule has 1 atom stereocenters. The van der Waals surface area contributed by atoms with Gasteiger partial charge in [-0.15, -0.1) is 4.98 Å². The van der Waals surface area contributed by atoms with Crippen LogP contribution < -0.4 is 15.5 Å². The standard InChI is InChI=1S/C35H38N10O2/c1-43-22-28(21-40-43)26-7-12-31(37-19-26)45(34(46)39-18-25-5-3-2-4-6-25)30-10-8-29(9-11-30)41-33-38-20-27(17-36)32(42-33)44-15-13-35(23-44)14-16-47-24-35/h2-7,12,19-22,29H,8-11,13-16,18,23-24H2,1H3,(H-,38,39,41,42,46)/p+1. The lowest BCUT2D eigenvalue weighted by molar-refractivity contribution is -0.342. The lowest BCUT2D eigenvalue weighted by atomic mass is 9.87. The van der Waals surface area contributed by atoms with Gasteiger partial charge in [-0.3, -0.25) is 10.00 Å². The maximum atomic E-state index is 13.7. The number of ether oxygens (including phenoxy) is 1. The van der Waals surface area contributed by atoms with Crippen molar-refractivity contribution in [1.29, 1.82) is 5.26 Å². The van der Waals surface area contributed by atoms with E-state index in [-0.39, 0.29) is 17.5 Å². The summed E-state index contributed by atoms with van der Waals surface area (Å²) < 4.78 is 9.19. The van der Waals surface area contributed by atoms with Crippen LogP contribution in [0.3, 0.4) is 0 Å². The highest BCUT2D eigenvalue weighted by Gasteiger charge is 2.42. The van der Waals surface area contributed by atoms with Gasteiger partial charge in [0.15, 0.2) is 5.82 Å². The number of nitriles is 1. The molecule has 3 aromatic heterocycles. The van der Waals surface area contributed by atoms with E-state index in [1.165, 1.54) is 0 Å². The molecule has 12 heteroatoms. The van der Waals surface area contributed by atoms with Gasteiger partial charge in [0.05, 0.1) is 31.3 Å². The molecular weight excluding hydrogens is 592 g/mol. The highest BCUT2D eigenvalue weighted by atomic mass is 16.5. The lowest BCUT2D eigenvalue weighted by Gasteiger charge is -2.26. The van der Waals surface area contributed by atoms with Gasteiger partial charge < -0.3 is 15.0 Å². The fourth-order valence-electron chi connectivity index (χ4n) is 6.87. The van der Waals surface area contributed by atoms with Crippen molar-refractivity contribution in [2.45, 2.75) is 51.1 Å². The van der Waals surface area contributed by atoms with Gasteiger partial charge in [-0.05, 0) is 37.3 Å². The van der Waals surface area contributed by atoms with E-state index in [0.29, 0.717) is 42.5 Å². The third-order valence-electron chi connectivity index (χ3n) is 9.53. The molecule has 1 saturated carbocycles. The Balaban J connectivity index is 1.07. The third kappa shape index (κ3) is 6.71. The minimum absolute atomic E-state index is 0.128. The van der Waals surface area contributed by atoms with Gasteiger partial charge in [-0.25, -0.2) is 9.78 Å². The first kappa shape index (κ1) is 30.5. The van der Waals surface area contributed by atoms with Gasteiger partial charge in [0, 0.05) is 74.4 Å². The molecule has 4 aromatic rings. The Bertz CT molecular complexity index is 1800. The Kier molecular flexibility index (Phi) is 8.63. The number of amides is 2. The highest BCUT2D eigenvalue weighted by molar-refractivity contribution is 5.87. The quantitative estimate of drug-likeness (QED) is 0.275. The number of hydrogen-bond acceptors (Lipinski definition) is 9. The molecule has 7 rings (SSSR count). The first-order chi connectivity index (χ1) is 23.0. The average Bonchev–Trinajstić information content (AvgIpc) is 3.87. The minimum atomic E-state index is -0.201. The molecule has 2 aliphatic heterocycles. The van der Waals surface area contributed by atoms with E-state index < -0.39 is 0 Å². The maximum absolute atomic E-state index is 13.7. The molecule has 1 unspecified atom stereocenters. The first-order valence-electron chi connectivity index (χ1n) is 16.3. The van der Waals surface area contributed by atoms with Crippen molar-refractivity contribution in [3.8, 4) is 17.2 Å². The summed E-state index contributed by atoms with van der Waals surface area (Å²) in [5.41, 5.74) is 4.60. The Morgan fingerprint density at radius 2 is 1.94 bits per heavy atom. The van der Waals surface area contributed by atoms with Crippen LogP contribution in [0, 0.1) is 16.7 Å². The summed E-state index contributed by atoms with van der Waals surface area (Å²) in [5.74, 6) is 1.81. The highest BCUT2D eigenvalue weighted by Crippen LogP contribution is 2.40. The van der Waals surface area contributed by atoms with Crippen LogP contribution in [0.5, 0.6) is 0 Å². The van der Waals surface area contributed by atoms with Crippen LogP contribution in [0.15, 0.2) is 67.3 Å². The predicted molar refractivity (Wildman–Crippen MR) is 177 cm³/mol. The van der Waals surface area contributed by atoms with Crippen molar-refractivity contribution in [2.75, 3.05) is 36.5 Å². The normalized spacial score (nSPS) is 20.7. The zero-order valence-corrected chi connectivity index (χ0v) is 26.6. The molecule has 2 N–H and O–H groups in total. The number of anilines is 2. The Hall–Kier alpha value is -5.15. The summed E-state index contributed by atoms with van der Waals surface area (Å²) in [6, 6.07) is 16.0. The Morgan fingerprint density at radius 1 is 1.09 bits per heavy atom. The first-order valence-corrected chi connectivity index (χ1v) is 16.3. The summed E-state index contributed by atoms with van der Waals surface area (Å²) in [5, 5.41) is 20.7. The number of carbonyl (C=O) groups is 1. The molecule has 47 heavy (non-hydrogen) atoms. The molecule has 0 radical (unpaired) electrons. The zero-order valence-electron chi connectivity index (χ0n) is 26.6. The van der Waals surface area contributed by atoms with Gasteiger partial charge in [0.2, 0.25) is 5.95 Å². The molecule has 3 fully saturated rings. The van der Waals surface area contributed by atoms with E-state index >= 15 is 0 Å². The molecule has 0 bridgehead atoms. The van der Waals surface area contributed by atoms with Crippen molar-refractivity contribution in [3.05, 3.63) is 78.4 Å². The molecule has 2 saturated heterocycles. The number of rotatable bonds is 7. The summed E-state index contributed by atoms with van der Waals surface area (Å²) in [7, 11) is 1.88. The van der Waals surface area contributed by atoms with Crippen LogP contribution in [-0.2, 0) is 18.3 Å². The largest absolute Gasteiger partial charge is 0.441 e. The van der Waals surface area contributed by atoms with E-state index in [2.05, 4.69) is 31.7 Å². The number of pyridine rings is 1. The number of nitrogens with zero attached hydrogens (tertiary/aromatic N) is 8. The SMILES string of the molecule is Cn1cc(-c2ccc([N+](C(=O)NCc3ccccc3)=C3CCC(Nc4ncc(C#N)c(N5CCC6(CCOC6)C5)n4)CC3)nc2)cn1. The Labute approximate surface area is 274 Å². The predicted octanol–water partition coefficient (Wildman–Crippen LogP) is 4.81. The molecule has 1 aliphatic carbocycles. The van der Waals surface area contributed by atoms with Gasteiger partial charge in [-0.2, -0.15) is 19.9 Å². The van der Waals surface area contributed by atoms with Crippen LogP contribution in [0.4, 0.5) is 22.4 Å². The van der Waals surface area contributed by atoms with Crippen molar-refractivity contribution in [3.63, 3.8) is 0 Å². The fourth-order valence-corrected chi connectivity index (χ4v) is 6.87. The average molecular weight is 632 g/mol. The lowest BCUT2D eigenvalue weighted by Crippen LogP contribution is -2.37. The second-order valence-electron chi connectivity index (χ2n) is 12.8. The summed E-state index contributed by atoms with van der Waals surface area (Å²) in [6.07, 6.45) is 12.3. The van der Waals surface area contributed by atoms with Gasteiger partial charge >= 0.3 is 6.03 Å². The fraction of sp³-hybridized carbons (Fsp3) is 0.400. The van der Waals surface area contributed by atoms with E-state index in [1.807, 2.05) is 55.7 Å². The Morgan fingerprint density at radius 3 is 2.64 bits per heavy atom. The molecule has 240 valence electrons. The molecular formula is C35H39N10O2+. The van der Waals surface area contributed by atoms with Crippen LogP contribution in [0.1, 0.15) is 49.7 Å². The van der Waals surface area contributed by atoms with Crippen molar-refractivity contribution in [2.24, 2.45) is 12.5 Å². The number of aromatic nitrogens is 5. The molecule has 3 aliphatic rings. The zero-order chi connectivity index (χ0) is 32.2. The summed E-state index contributed by atoms with van der Waals surface area (Å²) in [4.78, 5) is 30.0. The van der Waals surface area contributed by atoms with Crippen LogP contribution in [0.25, 0.3) is 11.1 Å². The van der Waals surface area contributed by atoms with Gasteiger partial charge in [0.25, 0.3) is 5.82 Å². The summed E-state index contributed by atoms with van der Waals surface area (Å²) in [6.45, 7) is 3.70. The second kappa shape index (κ2) is 13.3. The second-order valence-corrected chi connectivity index (χ2v) is 12.8. The van der Waals surface area contributed by atoms with Gasteiger partial charge in [0.1, 0.15) is 17.8 Å². The van der Waals surface area contributed by atoms with Gasteiger partial charge in [-0.1, -0.05) is 30.3 Å². The third-order valence-corrected chi connectivity index (χ3v) is 9.53. The molecule has 12 nitrogen and oxygen atoms in total. The number of carbonyl (C=O) groups excluding carboxylic acids is 1. The van der Waals surface area contributed by atoms with Crippen LogP contribution >= 0.6 is 0 Å². The number of aryl methyl sites for hydroxylation is 1. The number of benzene rings is 1. The molecule has 1 aromatic carbocycles. The van der Waals surface area contributed by atoms with Crippen LogP contribution in [-0.4, -0.2) is 73.4 Å². The number of urea groups is 1. The maximum Gasteiger partial charge on any atom is 0.441 e. The van der Waals surface area contributed by atoms with E-state index in [9.17, 15) is 10.1 Å². The van der Waals surface area contributed by atoms with Crippen molar-refractivity contribution >= 4 is 29.3 Å². The molecule has 5 heterocycles. The number of hydrogen-bond donors (Lipinski definition) is 2.